The molecule has 0 aliphatic carbocycles. The lowest BCUT2D eigenvalue weighted by molar-refractivity contribution is -0.118. The Hall–Kier alpha value is -2.18. The molecule has 2 aromatic carbocycles. The molecule has 0 aromatic heterocycles. The Bertz CT molecular complexity index is 817. The summed E-state index contributed by atoms with van der Waals surface area (Å²) >= 11 is 0. The molecule has 2 rings (SSSR count). The Morgan fingerprint density at radius 1 is 0.893 bits per heavy atom. The maximum Gasteiger partial charge on any atom is 0.235 e. The van der Waals surface area contributed by atoms with E-state index in [9.17, 15) is 13.2 Å². The van der Waals surface area contributed by atoms with E-state index in [0.717, 1.165) is 29.5 Å². The summed E-state index contributed by atoms with van der Waals surface area (Å²) in [5, 5.41) is 2.68. The summed E-state index contributed by atoms with van der Waals surface area (Å²) in [6, 6.07) is 17.7. The van der Waals surface area contributed by atoms with Gasteiger partial charge in [-0.25, -0.2) is 8.42 Å². The maximum absolute atomic E-state index is 11.9. The van der Waals surface area contributed by atoms with Crippen LogP contribution in [0.4, 0.5) is 0 Å². The number of rotatable bonds is 12. The van der Waals surface area contributed by atoms with Gasteiger partial charge < -0.3 is 10.1 Å². The van der Waals surface area contributed by atoms with Crippen molar-refractivity contribution in [2.45, 2.75) is 45.9 Å². The van der Waals surface area contributed by atoms with Crippen molar-refractivity contribution >= 4 is 15.7 Å². The Labute approximate surface area is 168 Å². The van der Waals surface area contributed by atoms with E-state index in [2.05, 4.69) is 5.32 Å². The summed E-state index contributed by atoms with van der Waals surface area (Å²) < 4.78 is 29.5. The number of nitrogens with one attached hydrogen (secondary N) is 1. The van der Waals surface area contributed by atoms with Crippen molar-refractivity contribution < 1.29 is 17.9 Å². The molecule has 2 aromatic rings. The normalized spacial score (nSPS) is 11.3. The van der Waals surface area contributed by atoms with Crippen molar-refractivity contribution in [1.82, 2.24) is 5.32 Å². The van der Waals surface area contributed by atoms with Gasteiger partial charge in [0.15, 0.2) is 9.84 Å². The van der Waals surface area contributed by atoms with Gasteiger partial charge in [0.2, 0.25) is 5.91 Å². The fourth-order valence-electron chi connectivity index (χ4n) is 2.71. The number of amides is 1. The predicted octanol–water partition coefficient (Wildman–Crippen LogP) is 3.62. The maximum atomic E-state index is 11.9. The minimum absolute atomic E-state index is 0.0753. The molecule has 0 fully saturated rings. The van der Waals surface area contributed by atoms with Crippen LogP contribution in [0.1, 0.15) is 42.9 Å². The van der Waals surface area contributed by atoms with E-state index >= 15 is 0 Å². The molecule has 0 aliphatic rings. The van der Waals surface area contributed by atoms with Crippen molar-refractivity contribution in [3.63, 3.8) is 0 Å². The first kappa shape index (κ1) is 22.1. The summed E-state index contributed by atoms with van der Waals surface area (Å²) in [6.45, 7) is 3.40. The fraction of sp³-hybridized carbons (Fsp3) is 0.409. The molecule has 152 valence electrons. The van der Waals surface area contributed by atoms with Crippen LogP contribution in [0.2, 0.25) is 0 Å². The highest BCUT2D eigenvalue weighted by Gasteiger charge is 2.15. The van der Waals surface area contributed by atoms with Crippen molar-refractivity contribution in [2.24, 2.45) is 0 Å². The van der Waals surface area contributed by atoms with Crippen molar-refractivity contribution in [1.29, 1.82) is 0 Å². The van der Waals surface area contributed by atoms with Crippen LogP contribution in [0.25, 0.3) is 0 Å². The van der Waals surface area contributed by atoms with Crippen LogP contribution in [0.5, 0.6) is 0 Å². The van der Waals surface area contributed by atoms with Gasteiger partial charge in [0.1, 0.15) is 5.75 Å². The average molecular weight is 404 g/mol. The zero-order chi connectivity index (χ0) is 20.2. The van der Waals surface area contributed by atoms with Crippen LogP contribution < -0.4 is 5.32 Å². The molecule has 0 saturated carbocycles. The van der Waals surface area contributed by atoms with Crippen LogP contribution >= 0.6 is 0 Å². The van der Waals surface area contributed by atoms with Gasteiger partial charge in [-0.3, -0.25) is 4.79 Å². The van der Waals surface area contributed by atoms with Gasteiger partial charge in [0.05, 0.1) is 19.0 Å². The second-order valence-corrected chi connectivity index (χ2v) is 9.05. The van der Waals surface area contributed by atoms with Crippen molar-refractivity contribution in [3.05, 3.63) is 71.3 Å². The van der Waals surface area contributed by atoms with Crippen LogP contribution in [-0.4, -0.2) is 25.8 Å². The third kappa shape index (κ3) is 8.67. The van der Waals surface area contributed by atoms with E-state index < -0.39 is 21.5 Å². The first-order valence-corrected chi connectivity index (χ1v) is 11.5. The molecular formula is C22H29NO4S. The highest BCUT2D eigenvalue weighted by atomic mass is 32.2. The van der Waals surface area contributed by atoms with Gasteiger partial charge >= 0.3 is 0 Å². The largest absolute Gasteiger partial charge is 0.372 e. The minimum Gasteiger partial charge on any atom is -0.372 e. The van der Waals surface area contributed by atoms with E-state index in [-0.39, 0.29) is 5.75 Å². The van der Waals surface area contributed by atoms with E-state index in [4.69, 9.17) is 4.74 Å². The second-order valence-electron chi connectivity index (χ2n) is 6.87. The Morgan fingerprint density at radius 3 is 2.14 bits per heavy atom. The number of unbranched alkanes of at least 4 members (excludes halogenated alkanes) is 2. The van der Waals surface area contributed by atoms with Gasteiger partial charge in [-0.05, 0) is 23.1 Å². The summed E-state index contributed by atoms with van der Waals surface area (Å²) in [7, 11) is -3.33. The van der Waals surface area contributed by atoms with Gasteiger partial charge in [0, 0.05) is 6.54 Å². The molecule has 1 amide bonds. The van der Waals surface area contributed by atoms with Gasteiger partial charge in [0.25, 0.3) is 0 Å². The number of carbonyl (C=O) groups is 1. The van der Waals surface area contributed by atoms with Crippen LogP contribution in [0.15, 0.2) is 54.6 Å². The van der Waals surface area contributed by atoms with Crippen LogP contribution in [0.3, 0.4) is 0 Å². The Morgan fingerprint density at radius 2 is 1.50 bits per heavy atom. The highest BCUT2D eigenvalue weighted by molar-refractivity contribution is 7.92. The predicted molar refractivity (Wildman–Crippen MR) is 111 cm³/mol. The topological polar surface area (TPSA) is 72.5 Å². The summed E-state index contributed by atoms with van der Waals surface area (Å²) in [5.74, 6) is -0.819. The molecule has 0 bridgehead atoms. The average Bonchev–Trinajstić information content (AvgIpc) is 2.68. The first-order chi connectivity index (χ1) is 13.5. The van der Waals surface area contributed by atoms with Gasteiger partial charge in [-0.15, -0.1) is 0 Å². The van der Waals surface area contributed by atoms with E-state index in [1.54, 1.807) is 0 Å². The third-order valence-electron chi connectivity index (χ3n) is 4.30. The molecule has 28 heavy (non-hydrogen) atoms. The third-order valence-corrected chi connectivity index (χ3v) is 5.92. The minimum atomic E-state index is -3.33. The van der Waals surface area contributed by atoms with Crippen LogP contribution in [-0.2, 0) is 39.1 Å². The lowest BCUT2D eigenvalue weighted by Gasteiger charge is -2.08. The smallest absolute Gasteiger partial charge is 0.235 e. The number of hydrogen-bond acceptors (Lipinski definition) is 4. The zero-order valence-corrected chi connectivity index (χ0v) is 17.2. The highest BCUT2D eigenvalue weighted by Crippen LogP contribution is 2.08. The number of carbonyl (C=O) groups excluding carboxylic acids is 1. The quantitative estimate of drug-likeness (QED) is 0.549. The standard InChI is InChI=1S/C22H29NO4S/c1-2-3-7-14-28(25,26)18-22(24)23-15-19-10-12-21(13-11-19)17-27-16-20-8-5-4-6-9-20/h4-6,8-13H,2-3,7,14-18H2,1H3,(H,23,24). The molecular weight excluding hydrogens is 374 g/mol. The SMILES string of the molecule is CCCCCS(=O)(=O)CC(=O)NCc1ccc(COCc2ccccc2)cc1. The van der Waals surface area contributed by atoms with Crippen molar-refractivity contribution in [3.8, 4) is 0 Å². The Kier molecular flexibility index (Phi) is 9.17. The zero-order valence-electron chi connectivity index (χ0n) is 16.4. The molecule has 0 atom stereocenters. The lowest BCUT2D eigenvalue weighted by atomic mass is 10.1. The number of benzene rings is 2. The molecule has 0 spiro atoms. The van der Waals surface area contributed by atoms with E-state index in [1.807, 2.05) is 61.5 Å². The number of hydrogen-bond donors (Lipinski definition) is 1. The fourth-order valence-corrected chi connectivity index (χ4v) is 4.00. The number of ether oxygens (including phenoxy) is 1. The molecule has 5 nitrogen and oxygen atoms in total. The number of sulfone groups is 1. The van der Waals surface area contributed by atoms with Crippen molar-refractivity contribution in [2.75, 3.05) is 11.5 Å². The van der Waals surface area contributed by atoms with Crippen LogP contribution in [0, 0.1) is 0 Å². The molecule has 0 saturated heterocycles. The Balaban J connectivity index is 1.71. The monoisotopic (exact) mass is 403 g/mol. The molecule has 0 unspecified atom stereocenters. The van der Waals surface area contributed by atoms with E-state index in [0.29, 0.717) is 26.2 Å². The van der Waals surface area contributed by atoms with E-state index in [1.165, 1.54) is 0 Å². The lowest BCUT2D eigenvalue weighted by Crippen LogP contribution is -2.30. The van der Waals surface area contributed by atoms with Gasteiger partial charge in [-0.1, -0.05) is 74.4 Å². The molecule has 0 aliphatic heterocycles. The molecule has 6 heteroatoms. The molecule has 0 radical (unpaired) electrons. The summed E-state index contributed by atoms with van der Waals surface area (Å²) in [6.07, 6.45) is 2.43. The summed E-state index contributed by atoms with van der Waals surface area (Å²) in [5.41, 5.74) is 3.10. The summed E-state index contributed by atoms with van der Waals surface area (Å²) in [4.78, 5) is 11.9. The molecule has 1 N–H and O–H groups in total. The second kappa shape index (κ2) is 11.6. The van der Waals surface area contributed by atoms with Gasteiger partial charge in [-0.2, -0.15) is 0 Å². The first-order valence-electron chi connectivity index (χ1n) is 9.65. The molecule has 0 heterocycles.